The third-order valence-corrected chi connectivity index (χ3v) is 5.85. The van der Waals surface area contributed by atoms with Crippen molar-refractivity contribution >= 4 is 22.2 Å². The van der Waals surface area contributed by atoms with Gasteiger partial charge in [0.2, 0.25) is 0 Å². The van der Waals surface area contributed by atoms with E-state index in [0.29, 0.717) is 11.1 Å². The molecule has 0 aliphatic heterocycles. The van der Waals surface area contributed by atoms with Crippen molar-refractivity contribution in [2.75, 3.05) is 7.11 Å². The Morgan fingerprint density at radius 1 is 1.00 bits per heavy atom. The van der Waals surface area contributed by atoms with Crippen LogP contribution in [0.25, 0.3) is 0 Å². The minimum absolute atomic E-state index is 0.148. The number of hydrazone groups is 1. The molecule has 0 bridgehead atoms. The van der Waals surface area contributed by atoms with Gasteiger partial charge >= 0.3 is 5.97 Å². The first-order valence-electron chi connectivity index (χ1n) is 9.47. The summed E-state index contributed by atoms with van der Waals surface area (Å²) in [5.41, 5.74) is 2.11. The first kappa shape index (κ1) is 23.0. The first-order valence-corrected chi connectivity index (χ1v) is 11.0. The Kier molecular flexibility index (Phi) is 6.89. The second-order valence-electron chi connectivity index (χ2n) is 6.93. The van der Waals surface area contributed by atoms with Crippen LogP contribution in [0, 0.1) is 19.7 Å². The van der Waals surface area contributed by atoms with Crippen molar-refractivity contribution in [1.82, 2.24) is 4.83 Å². The van der Waals surface area contributed by atoms with Gasteiger partial charge in [0.15, 0.2) is 11.5 Å². The molecular formula is C23H21FN2O5S. The zero-order valence-corrected chi connectivity index (χ0v) is 18.4. The average Bonchev–Trinajstić information content (AvgIpc) is 2.76. The van der Waals surface area contributed by atoms with E-state index >= 15 is 0 Å². The van der Waals surface area contributed by atoms with E-state index in [9.17, 15) is 17.6 Å². The number of halogens is 1. The number of carbonyl (C=O) groups is 1. The highest BCUT2D eigenvalue weighted by Gasteiger charge is 2.16. The second-order valence-corrected chi connectivity index (χ2v) is 8.56. The quantitative estimate of drug-likeness (QED) is 0.251. The standard InChI is InChI=1S/C23H21FN2O5S/c1-15-4-5-16(2)22(12-15)32(28,29)26-25-14-17-6-11-20(21(13-17)30-3)31-23(27)18-7-9-19(24)10-8-18/h4-14,26H,1-3H3. The minimum Gasteiger partial charge on any atom is -0.493 e. The zero-order chi connectivity index (χ0) is 23.3. The number of benzene rings is 3. The van der Waals surface area contributed by atoms with Crippen LogP contribution in [-0.2, 0) is 10.0 Å². The van der Waals surface area contributed by atoms with Gasteiger partial charge in [0.1, 0.15) is 5.82 Å². The number of ether oxygens (including phenoxy) is 2. The van der Waals surface area contributed by atoms with Gasteiger partial charge in [0.25, 0.3) is 10.0 Å². The number of esters is 1. The van der Waals surface area contributed by atoms with Crippen LogP contribution in [0.15, 0.2) is 70.7 Å². The SMILES string of the molecule is COc1cc(C=NNS(=O)(=O)c2cc(C)ccc2C)ccc1OC(=O)c1ccc(F)cc1. The molecule has 3 aromatic carbocycles. The molecule has 0 unspecified atom stereocenters. The summed E-state index contributed by atoms with van der Waals surface area (Å²) < 4.78 is 48.6. The fourth-order valence-corrected chi connectivity index (χ4v) is 3.93. The molecule has 0 atom stereocenters. The lowest BCUT2D eigenvalue weighted by atomic mass is 10.2. The van der Waals surface area contributed by atoms with Crippen molar-refractivity contribution in [2.45, 2.75) is 18.7 Å². The van der Waals surface area contributed by atoms with Gasteiger partial charge in [-0.05, 0) is 79.1 Å². The Morgan fingerprint density at radius 2 is 1.72 bits per heavy atom. The molecule has 0 saturated carbocycles. The van der Waals surface area contributed by atoms with Crippen molar-refractivity contribution in [2.24, 2.45) is 5.10 Å². The lowest BCUT2D eigenvalue weighted by Crippen LogP contribution is -2.19. The number of hydrogen-bond donors (Lipinski definition) is 1. The summed E-state index contributed by atoms with van der Waals surface area (Å²) in [5.74, 6) is -0.751. The van der Waals surface area contributed by atoms with Gasteiger partial charge in [0, 0.05) is 0 Å². The van der Waals surface area contributed by atoms with E-state index in [4.69, 9.17) is 9.47 Å². The third kappa shape index (κ3) is 5.50. The maximum absolute atomic E-state index is 13.0. The van der Waals surface area contributed by atoms with Gasteiger partial charge in [-0.3, -0.25) is 0 Å². The molecule has 9 heteroatoms. The first-order chi connectivity index (χ1) is 15.2. The second kappa shape index (κ2) is 9.61. The fourth-order valence-electron chi connectivity index (χ4n) is 2.81. The van der Waals surface area contributed by atoms with E-state index in [1.807, 2.05) is 6.07 Å². The number of nitrogens with one attached hydrogen (secondary N) is 1. The summed E-state index contributed by atoms with van der Waals surface area (Å²) in [6.07, 6.45) is 1.30. The molecule has 32 heavy (non-hydrogen) atoms. The molecule has 0 spiro atoms. The maximum atomic E-state index is 13.0. The number of hydrogen-bond acceptors (Lipinski definition) is 6. The fraction of sp³-hybridized carbons (Fsp3) is 0.130. The largest absolute Gasteiger partial charge is 0.493 e. The molecule has 0 amide bonds. The van der Waals surface area contributed by atoms with Crippen molar-refractivity contribution < 1.29 is 27.1 Å². The number of rotatable bonds is 7. The predicted octanol–water partition coefficient (Wildman–Crippen LogP) is 3.98. The van der Waals surface area contributed by atoms with Gasteiger partial charge in [-0.25, -0.2) is 14.0 Å². The van der Waals surface area contributed by atoms with E-state index in [1.54, 1.807) is 32.0 Å². The summed E-state index contributed by atoms with van der Waals surface area (Å²) in [5, 5.41) is 3.82. The molecule has 0 aromatic heterocycles. The van der Waals surface area contributed by atoms with Crippen LogP contribution in [-0.4, -0.2) is 27.7 Å². The predicted molar refractivity (Wildman–Crippen MR) is 118 cm³/mol. The molecular weight excluding hydrogens is 435 g/mol. The van der Waals surface area contributed by atoms with Crippen LogP contribution >= 0.6 is 0 Å². The Morgan fingerprint density at radius 3 is 2.41 bits per heavy atom. The summed E-state index contributed by atoms with van der Waals surface area (Å²) in [4.78, 5) is 14.6. The van der Waals surface area contributed by atoms with Crippen LogP contribution in [0.4, 0.5) is 4.39 Å². The molecule has 3 rings (SSSR count). The molecule has 3 aromatic rings. The van der Waals surface area contributed by atoms with Crippen molar-refractivity contribution in [3.8, 4) is 11.5 Å². The Bertz CT molecular complexity index is 1270. The smallest absolute Gasteiger partial charge is 0.343 e. The number of methoxy groups -OCH3 is 1. The van der Waals surface area contributed by atoms with Gasteiger partial charge in [-0.15, -0.1) is 0 Å². The van der Waals surface area contributed by atoms with E-state index in [2.05, 4.69) is 9.93 Å². The summed E-state index contributed by atoms with van der Waals surface area (Å²) >= 11 is 0. The highest BCUT2D eigenvalue weighted by Crippen LogP contribution is 2.28. The number of carbonyl (C=O) groups excluding carboxylic acids is 1. The topological polar surface area (TPSA) is 94.1 Å². The number of sulfonamides is 1. The highest BCUT2D eigenvalue weighted by molar-refractivity contribution is 7.89. The molecule has 0 saturated heterocycles. The maximum Gasteiger partial charge on any atom is 0.343 e. The van der Waals surface area contributed by atoms with Crippen LogP contribution in [0.1, 0.15) is 27.0 Å². The zero-order valence-electron chi connectivity index (χ0n) is 17.6. The van der Waals surface area contributed by atoms with Gasteiger partial charge in [-0.2, -0.15) is 13.5 Å². The molecule has 7 nitrogen and oxygen atoms in total. The van der Waals surface area contributed by atoms with Crippen LogP contribution in [0.3, 0.4) is 0 Å². The molecule has 0 aliphatic rings. The molecule has 166 valence electrons. The van der Waals surface area contributed by atoms with Crippen molar-refractivity contribution in [3.63, 3.8) is 0 Å². The van der Waals surface area contributed by atoms with Crippen molar-refractivity contribution in [1.29, 1.82) is 0 Å². The van der Waals surface area contributed by atoms with Crippen LogP contribution < -0.4 is 14.3 Å². The van der Waals surface area contributed by atoms with Crippen LogP contribution in [0.5, 0.6) is 11.5 Å². The van der Waals surface area contributed by atoms with Gasteiger partial charge < -0.3 is 9.47 Å². The molecule has 0 heterocycles. The van der Waals surface area contributed by atoms with E-state index in [1.165, 1.54) is 37.6 Å². The normalized spacial score (nSPS) is 11.4. The lowest BCUT2D eigenvalue weighted by molar-refractivity contribution is 0.0729. The Labute approximate surface area is 185 Å². The number of aryl methyl sites for hydroxylation is 2. The van der Waals surface area contributed by atoms with E-state index < -0.39 is 21.8 Å². The molecule has 1 N–H and O–H groups in total. The lowest BCUT2D eigenvalue weighted by Gasteiger charge is -2.10. The van der Waals surface area contributed by atoms with Gasteiger partial charge in [-0.1, -0.05) is 12.1 Å². The van der Waals surface area contributed by atoms with Gasteiger partial charge in [0.05, 0.1) is 23.8 Å². The summed E-state index contributed by atoms with van der Waals surface area (Å²) in [7, 11) is -2.43. The van der Waals surface area contributed by atoms with E-state index in [0.717, 1.165) is 17.7 Å². The Hall–Kier alpha value is -3.72. The van der Waals surface area contributed by atoms with Crippen LogP contribution in [0.2, 0.25) is 0 Å². The summed E-state index contributed by atoms with van der Waals surface area (Å²) in [6.45, 7) is 3.51. The van der Waals surface area contributed by atoms with Crippen molar-refractivity contribution in [3.05, 3.63) is 88.7 Å². The molecule has 0 aliphatic carbocycles. The average molecular weight is 456 g/mol. The Balaban J connectivity index is 1.74. The highest BCUT2D eigenvalue weighted by atomic mass is 32.2. The third-order valence-electron chi connectivity index (χ3n) is 4.49. The monoisotopic (exact) mass is 456 g/mol. The molecule has 0 radical (unpaired) electrons. The molecule has 0 fully saturated rings. The number of nitrogens with zero attached hydrogens (tertiary/aromatic N) is 1. The van der Waals surface area contributed by atoms with E-state index in [-0.39, 0.29) is 22.0 Å². The minimum atomic E-state index is -3.83. The summed E-state index contributed by atoms with van der Waals surface area (Å²) in [6, 6.07) is 14.7.